The summed E-state index contributed by atoms with van der Waals surface area (Å²) in [5.41, 5.74) is 1.49. The summed E-state index contributed by atoms with van der Waals surface area (Å²) < 4.78 is 22.2. The van der Waals surface area contributed by atoms with Crippen molar-refractivity contribution >= 4 is 16.8 Å². The van der Waals surface area contributed by atoms with Gasteiger partial charge in [0.25, 0.3) is 6.29 Å². The summed E-state index contributed by atoms with van der Waals surface area (Å²) in [5.74, 6) is 0.826. The Bertz CT molecular complexity index is 967. The van der Waals surface area contributed by atoms with E-state index in [1.807, 2.05) is 6.08 Å². The smallest absolute Gasteiger partial charge is 0.347 e. The molecule has 116 valence electrons. The van der Waals surface area contributed by atoms with E-state index in [0.29, 0.717) is 40.9 Å². The molecule has 5 rings (SSSR count). The molecule has 0 saturated carbocycles. The quantitative estimate of drug-likeness (QED) is 0.593. The Balaban J connectivity index is 1.94. The van der Waals surface area contributed by atoms with E-state index >= 15 is 0 Å². The molecule has 2 unspecified atom stereocenters. The fraction of sp³-hybridized carbons (Fsp3) is 0.294. The van der Waals surface area contributed by atoms with Crippen molar-refractivity contribution in [3.63, 3.8) is 0 Å². The van der Waals surface area contributed by atoms with Crippen LogP contribution < -0.4 is 15.1 Å². The fourth-order valence-electron chi connectivity index (χ4n) is 3.72. The summed E-state index contributed by atoms with van der Waals surface area (Å²) in [6.07, 6.45) is 3.86. The molecule has 0 saturated heterocycles. The molecule has 1 aromatic heterocycles. The van der Waals surface area contributed by atoms with Gasteiger partial charge in [0.2, 0.25) is 0 Å². The van der Waals surface area contributed by atoms with Crippen LogP contribution in [0.3, 0.4) is 0 Å². The number of fused-ring (bicyclic) bond motifs is 7. The van der Waals surface area contributed by atoms with Gasteiger partial charge in [-0.25, -0.2) is 4.79 Å². The first-order valence-corrected chi connectivity index (χ1v) is 7.41. The van der Waals surface area contributed by atoms with Gasteiger partial charge >= 0.3 is 5.63 Å². The van der Waals surface area contributed by atoms with Crippen molar-refractivity contribution in [3.8, 4) is 11.5 Å². The molecule has 3 aliphatic rings. The number of aryl methyl sites for hydroxylation is 1. The number of carbonyl (C=O) groups is 1. The minimum absolute atomic E-state index is 0.128. The molecule has 0 spiro atoms. The van der Waals surface area contributed by atoms with Gasteiger partial charge in [0.15, 0.2) is 5.78 Å². The van der Waals surface area contributed by atoms with Crippen LogP contribution in [0.15, 0.2) is 27.6 Å². The zero-order valence-corrected chi connectivity index (χ0v) is 12.3. The molecule has 2 atom stereocenters. The highest BCUT2D eigenvalue weighted by Gasteiger charge is 2.41. The summed E-state index contributed by atoms with van der Waals surface area (Å²) in [7, 11) is 1.54. The van der Waals surface area contributed by atoms with Crippen LogP contribution in [0.4, 0.5) is 0 Å². The molecule has 0 bridgehead atoms. The van der Waals surface area contributed by atoms with E-state index in [0.717, 1.165) is 5.56 Å². The first-order chi connectivity index (χ1) is 11.2. The summed E-state index contributed by atoms with van der Waals surface area (Å²) in [6, 6.07) is 1.77. The fourth-order valence-corrected chi connectivity index (χ4v) is 3.72. The highest BCUT2D eigenvalue weighted by atomic mass is 18.3. The van der Waals surface area contributed by atoms with E-state index in [1.165, 1.54) is 0 Å². The summed E-state index contributed by atoms with van der Waals surface area (Å²) in [5, 5.41) is 0.691. The van der Waals surface area contributed by atoms with Crippen LogP contribution in [0.25, 0.3) is 11.0 Å². The largest absolute Gasteiger partial charge is 0.496 e. The number of ketones is 1. The Morgan fingerprint density at radius 2 is 2.26 bits per heavy atom. The zero-order chi connectivity index (χ0) is 15.7. The third-order valence-electron chi connectivity index (χ3n) is 4.72. The Kier molecular flexibility index (Phi) is 2.30. The van der Waals surface area contributed by atoms with Gasteiger partial charge in [-0.3, -0.25) is 4.79 Å². The first kappa shape index (κ1) is 12.8. The molecule has 1 aliphatic carbocycles. The van der Waals surface area contributed by atoms with E-state index in [4.69, 9.17) is 18.6 Å². The number of hydrogen-bond acceptors (Lipinski definition) is 6. The lowest BCUT2D eigenvalue weighted by atomic mass is 9.95. The Hall–Kier alpha value is -2.76. The molecule has 6 heteroatoms. The molecule has 6 nitrogen and oxygen atoms in total. The predicted molar refractivity (Wildman–Crippen MR) is 79.1 cm³/mol. The van der Waals surface area contributed by atoms with Crippen molar-refractivity contribution in [3.05, 3.63) is 45.5 Å². The second-order valence-electron chi connectivity index (χ2n) is 5.84. The maximum Gasteiger partial charge on any atom is 0.347 e. The monoisotopic (exact) mass is 318 g/mol. The summed E-state index contributed by atoms with van der Waals surface area (Å²) in [4.78, 5) is 24.3. The lowest BCUT2D eigenvalue weighted by molar-refractivity contribution is -0.00485. The first-order valence-electron chi connectivity index (χ1n) is 7.41. The lowest BCUT2D eigenvalue weighted by Crippen LogP contribution is -2.14. The van der Waals surface area contributed by atoms with Crippen LogP contribution in [-0.2, 0) is 11.2 Å². The van der Waals surface area contributed by atoms with Gasteiger partial charge < -0.3 is 18.6 Å². The van der Waals surface area contributed by atoms with Crippen LogP contribution in [0.2, 0.25) is 0 Å². The molecule has 1 aromatic carbocycles. The average Bonchev–Trinajstić information content (AvgIpc) is 3.20. The SMILES string of the molecule is C[18O]c1cc2c(c3oc(=[18O])c4c(c13)CCC4=O)C1C=C[18O]C1O2. The Morgan fingerprint density at radius 1 is 1.39 bits per heavy atom. The summed E-state index contributed by atoms with van der Waals surface area (Å²) in [6.45, 7) is 0. The highest BCUT2D eigenvalue weighted by molar-refractivity contribution is 6.06. The third-order valence-corrected chi connectivity index (χ3v) is 4.72. The maximum absolute atomic E-state index is 12.3. The van der Waals surface area contributed by atoms with Gasteiger partial charge in [-0.15, -0.1) is 0 Å². The number of rotatable bonds is 1. The number of carbonyl (C=O) groups excluding carboxylic acids is 1. The number of methoxy groups -OCH3 is 1. The molecule has 0 N–H and O–H groups in total. The van der Waals surface area contributed by atoms with Crippen LogP contribution in [0.5, 0.6) is 11.5 Å². The average molecular weight is 318 g/mol. The second kappa shape index (κ2) is 4.16. The van der Waals surface area contributed by atoms with Gasteiger partial charge in [0, 0.05) is 12.5 Å². The van der Waals surface area contributed by atoms with Crippen molar-refractivity contribution in [2.24, 2.45) is 0 Å². The van der Waals surface area contributed by atoms with Gasteiger partial charge in [0.05, 0.1) is 30.2 Å². The van der Waals surface area contributed by atoms with Crippen molar-refractivity contribution in [2.75, 3.05) is 7.11 Å². The normalized spacial score (nSPS) is 23.4. The molecule has 0 radical (unpaired) electrons. The van der Waals surface area contributed by atoms with Gasteiger partial charge in [0.1, 0.15) is 22.6 Å². The van der Waals surface area contributed by atoms with Crippen LogP contribution in [0.1, 0.15) is 33.8 Å². The van der Waals surface area contributed by atoms with Gasteiger partial charge in [-0.2, -0.15) is 0 Å². The highest BCUT2D eigenvalue weighted by Crippen LogP contribution is 2.50. The van der Waals surface area contributed by atoms with Crippen molar-refractivity contribution in [1.29, 1.82) is 0 Å². The molecule has 2 aromatic rings. The van der Waals surface area contributed by atoms with E-state index < -0.39 is 11.9 Å². The van der Waals surface area contributed by atoms with Crippen LogP contribution >= 0.6 is 0 Å². The molecular weight excluding hydrogens is 306 g/mol. The number of Topliss-reactive ketones (excluding diaryl/α,β-unsaturated/α-hetero) is 1. The van der Waals surface area contributed by atoms with E-state index in [1.54, 1.807) is 19.4 Å². The van der Waals surface area contributed by atoms with Crippen LogP contribution in [0, 0.1) is 0 Å². The van der Waals surface area contributed by atoms with Crippen LogP contribution in [-0.4, -0.2) is 19.2 Å². The molecular formula is C17H12O6. The number of benzene rings is 1. The zero-order valence-electron chi connectivity index (χ0n) is 12.3. The lowest BCUT2D eigenvalue weighted by Gasteiger charge is -2.12. The minimum Gasteiger partial charge on any atom is -0.496 e. The molecule has 0 fully saturated rings. The van der Waals surface area contributed by atoms with E-state index in [2.05, 4.69) is 0 Å². The molecule has 2 aliphatic heterocycles. The van der Waals surface area contributed by atoms with Crippen molar-refractivity contribution in [1.82, 2.24) is 0 Å². The maximum atomic E-state index is 12.3. The Labute approximate surface area is 130 Å². The molecule has 0 amide bonds. The Morgan fingerprint density at radius 3 is 3.09 bits per heavy atom. The standard InChI is InChI=1S/C17H12O6/c1-20-10-6-11-14(8-4-5-21-17(8)22-11)15-13(10)7-2-3-9(18)12(7)16(19)23-15/h4-6,8,17H,2-3H2,1H3/i19+2,20+2,21+2. The second-order valence-corrected chi connectivity index (χ2v) is 5.84. The molecule has 3 heterocycles. The van der Waals surface area contributed by atoms with Gasteiger partial charge in [-0.1, -0.05) is 0 Å². The minimum atomic E-state index is -0.586. The molecule has 23 heavy (non-hydrogen) atoms. The topological polar surface area (TPSA) is 75.0 Å². The third kappa shape index (κ3) is 1.48. The summed E-state index contributed by atoms with van der Waals surface area (Å²) >= 11 is 0. The van der Waals surface area contributed by atoms with E-state index in [9.17, 15) is 9.59 Å². The van der Waals surface area contributed by atoms with Crippen molar-refractivity contribution in [2.45, 2.75) is 25.0 Å². The predicted octanol–water partition coefficient (Wildman–Crippen LogP) is 2.28. The van der Waals surface area contributed by atoms with Gasteiger partial charge in [-0.05, 0) is 18.1 Å². The van der Waals surface area contributed by atoms with E-state index in [-0.39, 0.29) is 17.3 Å². The van der Waals surface area contributed by atoms with Crippen molar-refractivity contribution < 1.29 is 23.4 Å². The number of ether oxygens (including phenoxy) is 3. The number of hydrogen-bond donors (Lipinski definition) is 0.